The van der Waals surface area contributed by atoms with E-state index in [2.05, 4.69) is 22.0 Å². The summed E-state index contributed by atoms with van der Waals surface area (Å²) in [5, 5.41) is 0. The van der Waals surface area contributed by atoms with Gasteiger partial charge in [-0.3, -0.25) is 13.9 Å². The summed E-state index contributed by atoms with van der Waals surface area (Å²) in [5.74, 6) is 0. The van der Waals surface area contributed by atoms with Crippen molar-refractivity contribution in [3.05, 3.63) is 57.5 Å². The van der Waals surface area contributed by atoms with Crippen molar-refractivity contribution < 1.29 is 0 Å². The molecule has 0 N–H and O–H groups in total. The van der Waals surface area contributed by atoms with Gasteiger partial charge < -0.3 is 9.47 Å². The summed E-state index contributed by atoms with van der Waals surface area (Å²) in [4.78, 5) is 30.7. The molecule has 0 unspecified atom stereocenters. The van der Waals surface area contributed by atoms with Crippen molar-refractivity contribution in [1.82, 2.24) is 18.7 Å². The SMILES string of the molecule is CN(CCCn1cnc2c1c(=O)n(C)c(=O)n2C)c1ccccc1. The molecule has 1 aromatic carbocycles. The number of hydrogen-bond donors (Lipinski definition) is 0. The molecule has 0 saturated carbocycles. The smallest absolute Gasteiger partial charge is 0.332 e. The highest BCUT2D eigenvalue weighted by Gasteiger charge is 2.14. The Bertz CT molecular complexity index is 968. The Kier molecular flexibility index (Phi) is 4.24. The molecule has 0 atom stereocenters. The minimum atomic E-state index is -0.360. The molecule has 0 bridgehead atoms. The van der Waals surface area contributed by atoms with E-state index in [0.29, 0.717) is 17.7 Å². The lowest BCUT2D eigenvalue weighted by molar-refractivity contribution is 0.643. The Morgan fingerprint density at radius 2 is 1.79 bits per heavy atom. The second-order valence-corrected chi connectivity index (χ2v) is 5.93. The molecule has 0 radical (unpaired) electrons. The number of para-hydroxylation sites is 1. The van der Waals surface area contributed by atoms with Gasteiger partial charge in [0.15, 0.2) is 11.2 Å². The molecule has 3 rings (SSSR count). The standard InChI is InChI=1S/C17H21N5O2/c1-19(13-8-5-4-6-9-13)10-7-11-22-12-18-15-14(22)16(23)21(3)17(24)20(15)2/h4-6,8-9,12H,7,10-11H2,1-3H3. The average molecular weight is 327 g/mol. The molecular formula is C17H21N5O2. The van der Waals surface area contributed by atoms with Crippen LogP contribution in [0.25, 0.3) is 11.2 Å². The van der Waals surface area contributed by atoms with Gasteiger partial charge in [0.1, 0.15) is 0 Å². The van der Waals surface area contributed by atoms with E-state index >= 15 is 0 Å². The van der Waals surface area contributed by atoms with Crippen molar-refractivity contribution in [2.75, 3.05) is 18.5 Å². The first-order valence-electron chi connectivity index (χ1n) is 7.87. The van der Waals surface area contributed by atoms with Gasteiger partial charge in [0.05, 0.1) is 6.33 Å². The molecule has 24 heavy (non-hydrogen) atoms. The average Bonchev–Trinajstić information content (AvgIpc) is 3.03. The van der Waals surface area contributed by atoms with Crippen molar-refractivity contribution in [2.24, 2.45) is 14.1 Å². The fraction of sp³-hybridized carbons (Fsp3) is 0.353. The van der Waals surface area contributed by atoms with E-state index in [0.717, 1.165) is 23.2 Å². The molecule has 7 nitrogen and oxygen atoms in total. The molecule has 0 aliphatic carbocycles. The van der Waals surface area contributed by atoms with E-state index in [1.807, 2.05) is 29.8 Å². The highest BCUT2D eigenvalue weighted by atomic mass is 16.2. The highest BCUT2D eigenvalue weighted by molar-refractivity contribution is 5.69. The molecule has 2 aromatic heterocycles. The van der Waals surface area contributed by atoms with E-state index in [4.69, 9.17) is 0 Å². The third kappa shape index (κ3) is 2.73. The summed E-state index contributed by atoms with van der Waals surface area (Å²) in [6.45, 7) is 1.52. The molecular weight excluding hydrogens is 306 g/mol. The third-order valence-corrected chi connectivity index (χ3v) is 4.31. The van der Waals surface area contributed by atoms with Crippen LogP contribution in [-0.2, 0) is 20.6 Å². The van der Waals surface area contributed by atoms with Crippen molar-refractivity contribution >= 4 is 16.9 Å². The number of nitrogens with zero attached hydrogens (tertiary/aromatic N) is 5. The lowest BCUT2D eigenvalue weighted by Crippen LogP contribution is -2.37. The molecule has 0 aliphatic rings. The quantitative estimate of drug-likeness (QED) is 0.700. The van der Waals surface area contributed by atoms with Crippen molar-refractivity contribution in [3.63, 3.8) is 0 Å². The van der Waals surface area contributed by atoms with Crippen LogP contribution in [0.1, 0.15) is 6.42 Å². The molecule has 2 heterocycles. The number of imidazole rings is 1. The van der Waals surface area contributed by atoms with E-state index in [9.17, 15) is 9.59 Å². The van der Waals surface area contributed by atoms with Crippen molar-refractivity contribution in [1.29, 1.82) is 0 Å². The number of benzene rings is 1. The van der Waals surface area contributed by atoms with Crippen LogP contribution in [0.3, 0.4) is 0 Å². The van der Waals surface area contributed by atoms with Crippen LogP contribution in [0.5, 0.6) is 0 Å². The number of fused-ring (bicyclic) bond motifs is 1. The predicted molar refractivity (Wildman–Crippen MR) is 94.5 cm³/mol. The zero-order chi connectivity index (χ0) is 17.3. The first-order chi connectivity index (χ1) is 11.5. The Morgan fingerprint density at radius 1 is 1.08 bits per heavy atom. The van der Waals surface area contributed by atoms with Crippen LogP contribution < -0.4 is 16.1 Å². The van der Waals surface area contributed by atoms with E-state index in [1.54, 1.807) is 13.4 Å². The highest BCUT2D eigenvalue weighted by Crippen LogP contribution is 2.12. The zero-order valence-electron chi connectivity index (χ0n) is 14.1. The van der Waals surface area contributed by atoms with Crippen LogP contribution in [0.4, 0.5) is 5.69 Å². The predicted octanol–water partition coefficient (Wildman–Crippen LogP) is 0.960. The van der Waals surface area contributed by atoms with Gasteiger partial charge in [-0.25, -0.2) is 9.78 Å². The van der Waals surface area contributed by atoms with Crippen LogP contribution >= 0.6 is 0 Å². The summed E-state index contributed by atoms with van der Waals surface area (Å²) < 4.78 is 4.36. The summed E-state index contributed by atoms with van der Waals surface area (Å²) in [6.07, 6.45) is 2.50. The van der Waals surface area contributed by atoms with Gasteiger partial charge >= 0.3 is 5.69 Å². The van der Waals surface area contributed by atoms with Crippen LogP contribution in [0.15, 0.2) is 46.2 Å². The van der Waals surface area contributed by atoms with Crippen LogP contribution in [0.2, 0.25) is 0 Å². The summed E-state index contributed by atoms with van der Waals surface area (Å²) >= 11 is 0. The maximum atomic E-state index is 12.4. The molecule has 0 aliphatic heterocycles. The number of anilines is 1. The summed E-state index contributed by atoms with van der Waals surface area (Å²) in [7, 11) is 5.17. The number of hydrogen-bond acceptors (Lipinski definition) is 4. The maximum absolute atomic E-state index is 12.4. The van der Waals surface area contributed by atoms with Gasteiger partial charge in [0, 0.05) is 39.9 Å². The fourth-order valence-electron chi connectivity index (χ4n) is 2.86. The van der Waals surface area contributed by atoms with E-state index in [-0.39, 0.29) is 11.2 Å². The largest absolute Gasteiger partial charge is 0.375 e. The summed E-state index contributed by atoms with van der Waals surface area (Å²) in [5.41, 5.74) is 1.40. The Labute approximate surface area is 139 Å². The minimum Gasteiger partial charge on any atom is -0.375 e. The van der Waals surface area contributed by atoms with Gasteiger partial charge in [0.2, 0.25) is 0 Å². The Hall–Kier alpha value is -2.83. The van der Waals surface area contributed by atoms with Crippen molar-refractivity contribution in [3.8, 4) is 0 Å². The second kappa shape index (κ2) is 6.35. The Morgan fingerprint density at radius 3 is 2.50 bits per heavy atom. The molecule has 0 fully saturated rings. The number of aromatic nitrogens is 4. The van der Waals surface area contributed by atoms with E-state index in [1.165, 1.54) is 11.6 Å². The second-order valence-electron chi connectivity index (χ2n) is 5.93. The molecule has 126 valence electrons. The van der Waals surface area contributed by atoms with Crippen LogP contribution in [0, 0.1) is 0 Å². The monoisotopic (exact) mass is 327 g/mol. The first kappa shape index (κ1) is 16.0. The normalized spacial score (nSPS) is 11.1. The fourth-order valence-corrected chi connectivity index (χ4v) is 2.86. The Balaban J connectivity index is 1.79. The van der Waals surface area contributed by atoms with Gasteiger partial charge in [-0.05, 0) is 18.6 Å². The maximum Gasteiger partial charge on any atom is 0.332 e. The molecule has 0 spiro atoms. The third-order valence-electron chi connectivity index (χ3n) is 4.31. The van der Waals surface area contributed by atoms with Gasteiger partial charge in [-0.2, -0.15) is 0 Å². The molecule has 0 amide bonds. The topological polar surface area (TPSA) is 65.1 Å². The summed E-state index contributed by atoms with van der Waals surface area (Å²) in [6, 6.07) is 10.2. The van der Waals surface area contributed by atoms with Crippen LogP contribution in [-0.4, -0.2) is 32.3 Å². The number of rotatable bonds is 5. The van der Waals surface area contributed by atoms with Crippen molar-refractivity contribution in [2.45, 2.75) is 13.0 Å². The molecule has 3 aromatic rings. The number of aryl methyl sites for hydroxylation is 2. The van der Waals surface area contributed by atoms with Gasteiger partial charge in [0.25, 0.3) is 5.56 Å². The van der Waals surface area contributed by atoms with Gasteiger partial charge in [-0.15, -0.1) is 0 Å². The first-order valence-corrected chi connectivity index (χ1v) is 7.87. The molecule has 0 saturated heterocycles. The molecule has 7 heteroatoms. The zero-order valence-corrected chi connectivity index (χ0v) is 14.1. The minimum absolute atomic E-state index is 0.304. The van der Waals surface area contributed by atoms with E-state index < -0.39 is 0 Å². The lowest BCUT2D eigenvalue weighted by atomic mass is 10.3. The lowest BCUT2D eigenvalue weighted by Gasteiger charge is -2.19. The van der Waals surface area contributed by atoms with Gasteiger partial charge in [-0.1, -0.05) is 18.2 Å².